The lowest BCUT2D eigenvalue weighted by Gasteiger charge is -2.36. The highest BCUT2D eigenvalue weighted by molar-refractivity contribution is 4.89. The van der Waals surface area contributed by atoms with Gasteiger partial charge in [-0.1, -0.05) is 0 Å². The zero-order valence-corrected chi connectivity index (χ0v) is 9.94. The molecule has 2 aliphatic heterocycles. The second-order valence-corrected chi connectivity index (χ2v) is 4.59. The molecule has 1 unspecified atom stereocenters. The van der Waals surface area contributed by atoms with Gasteiger partial charge in [-0.05, 0) is 0 Å². The summed E-state index contributed by atoms with van der Waals surface area (Å²) < 4.78 is 15.0. The first-order chi connectivity index (χ1) is 8.95. The van der Waals surface area contributed by atoms with Crippen LogP contribution in [0.2, 0.25) is 0 Å². The van der Waals surface area contributed by atoms with Gasteiger partial charge < -0.3 is 44.8 Å². The van der Waals surface area contributed by atoms with Crippen LogP contribution in [0, 0.1) is 0 Å². The van der Waals surface area contributed by atoms with E-state index >= 15 is 0 Å². The average molecular weight is 282 g/mol. The van der Waals surface area contributed by atoms with Gasteiger partial charge in [0.1, 0.15) is 36.6 Å². The second-order valence-electron chi connectivity index (χ2n) is 4.59. The van der Waals surface area contributed by atoms with E-state index in [0.717, 1.165) is 0 Å². The molecule has 0 aliphatic carbocycles. The van der Waals surface area contributed by atoms with E-state index in [-0.39, 0.29) is 6.61 Å². The van der Waals surface area contributed by atoms with Crippen LogP contribution in [0.5, 0.6) is 0 Å². The molecule has 2 aliphatic rings. The molecule has 2 saturated heterocycles. The van der Waals surface area contributed by atoms with E-state index in [1.807, 2.05) is 0 Å². The molecule has 9 nitrogen and oxygen atoms in total. The molecule has 19 heavy (non-hydrogen) atoms. The van der Waals surface area contributed by atoms with Crippen molar-refractivity contribution in [1.29, 1.82) is 0 Å². The summed E-state index contributed by atoms with van der Waals surface area (Å²) in [6.07, 6.45) is -10.6. The van der Waals surface area contributed by atoms with E-state index in [1.54, 1.807) is 0 Å². The van der Waals surface area contributed by atoms with Crippen LogP contribution >= 0.6 is 0 Å². The molecule has 0 aromatic heterocycles. The van der Waals surface area contributed by atoms with Crippen molar-refractivity contribution in [1.82, 2.24) is 0 Å². The summed E-state index contributed by atoms with van der Waals surface area (Å²) in [6, 6.07) is 0. The van der Waals surface area contributed by atoms with E-state index < -0.39 is 55.8 Å². The fourth-order valence-electron chi connectivity index (χ4n) is 2.07. The van der Waals surface area contributed by atoms with Gasteiger partial charge in [0.25, 0.3) is 0 Å². The van der Waals surface area contributed by atoms with Crippen molar-refractivity contribution in [3.8, 4) is 0 Å². The minimum atomic E-state index is -1.53. The Bertz CT molecular complexity index is 301. The first-order valence-corrected chi connectivity index (χ1v) is 5.89. The van der Waals surface area contributed by atoms with Gasteiger partial charge in [-0.2, -0.15) is 0 Å². The molecule has 0 aromatic rings. The van der Waals surface area contributed by atoms with Crippen LogP contribution in [0.3, 0.4) is 0 Å². The largest absolute Gasteiger partial charge is 0.394 e. The van der Waals surface area contributed by atoms with Gasteiger partial charge in [0.15, 0.2) is 12.6 Å². The standard InChI is InChI=1S/C10H18O9/c11-1-4-6(14)8(9(16)18-4)19-10-7(15)5(13)3(12)2-17-10/h3-16H,1-2H2/t3-,4+,5+,6+,7-,8-,9?,10+/m1/s1. The average Bonchev–Trinajstić information content (AvgIpc) is 2.66. The molecule has 0 aromatic carbocycles. The summed E-state index contributed by atoms with van der Waals surface area (Å²) in [5.74, 6) is 0. The Morgan fingerprint density at radius 3 is 2.26 bits per heavy atom. The Hall–Kier alpha value is -0.360. The molecule has 2 heterocycles. The SMILES string of the molecule is OC[C@@H]1OC(O)[C@H](O[C@@H]2OC[C@@H](O)[C@H](O)[C@H]2O)[C@H]1O. The van der Waals surface area contributed by atoms with Crippen LogP contribution in [-0.4, -0.2) is 93.1 Å². The van der Waals surface area contributed by atoms with Crippen molar-refractivity contribution in [2.24, 2.45) is 0 Å². The number of aliphatic hydroxyl groups is 6. The summed E-state index contributed by atoms with van der Waals surface area (Å²) in [7, 11) is 0. The van der Waals surface area contributed by atoms with Crippen LogP contribution in [0.25, 0.3) is 0 Å². The zero-order chi connectivity index (χ0) is 14.2. The lowest BCUT2D eigenvalue weighted by atomic mass is 10.1. The predicted molar refractivity (Wildman–Crippen MR) is 56.6 cm³/mol. The van der Waals surface area contributed by atoms with E-state index in [4.69, 9.17) is 19.3 Å². The Kier molecular flexibility index (Phi) is 4.71. The molecule has 0 saturated carbocycles. The molecule has 2 fully saturated rings. The van der Waals surface area contributed by atoms with E-state index in [1.165, 1.54) is 0 Å². The van der Waals surface area contributed by atoms with Crippen LogP contribution < -0.4 is 0 Å². The third kappa shape index (κ3) is 2.89. The highest BCUT2D eigenvalue weighted by Gasteiger charge is 2.47. The fourth-order valence-corrected chi connectivity index (χ4v) is 2.07. The monoisotopic (exact) mass is 282 g/mol. The maximum absolute atomic E-state index is 9.73. The molecular weight excluding hydrogens is 264 g/mol. The minimum absolute atomic E-state index is 0.258. The minimum Gasteiger partial charge on any atom is -0.394 e. The molecule has 0 amide bonds. The summed E-state index contributed by atoms with van der Waals surface area (Å²) in [5.41, 5.74) is 0. The number of hydrogen-bond donors (Lipinski definition) is 6. The van der Waals surface area contributed by atoms with E-state index in [9.17, 15) is 25.5 Å². The number of rotatable bonds is 3. The molecule has 0 bridgehead atoms. The topological polar surface area (TPSA) is 149 Å². The molecule has 9 heteroatoms. The van der Waals surface area contributed by atoms with E-state index in [2.05, 4.69) is 0 Å². The Labute approximate surface area is 108 Å². The van der Waals surface area contributed by atoms with Crippen molar-refractivity contribution >= 4 is 0 Å². The Balaban J connectivity index is 1.97. The smallest absolute Gasteiger partial charge is 0.186 e. The molecule has 0 spiro atoms. The summed E-state index contributed by atoms with van der Waals surface area (Å²) >= 11 is 0. The fraction of sp³-hybridized carbons (Fsp3) is 1.00. The predicted octanol–water partition coefficient (Wildman–Crippen LogP) is -4.12. The first-order valence-electron chi connectivity index (χ1n) is 5.89. The number of hydrogen-bond acceptors (Lipinski definition) is 9. The van der Waals surface area contributed by atoms with Crippen LogP contribution in [0.1, 0.15) is 0 Å². The zero-order valence-electron chi connectivity index (χ0n) is 9.94. The van der Waals surface area contributed by atoms with Gasteiger partial charge in [-0.3, -0.25) is 0 Å². The highest BCUT2D eigenvalue weighted by atomic mass is 16.7. The molecular formula is C10H18O9. The van der Waals surface area contributed by atoms with Gasteiger partial charge in [-0.15, -0.1) is 0 Å². The van der Waals surface area contributed by atoms with E-state index in [0.29, 0.717) is 0 Å². The molecule has 8 atom stereocenters. The van der Waals surface area contributed by atoms with Crippen molar-refractivity contribution in [3.63, 3.8) is 0 Å². The van der Waals surface area contributed by atoms with Crippen molar-refractivity contribution in [3.05, 3.63) is 0 Å². The second kappa shape index (κ2) is 5.95. The number of aliphatic hydroxyl groups excluding tert-OH is 6. The Morgan fingerprint density at radius 1 is 1.00 bits per heavy atom. The lowest BCUT2D eigenvalue weighted by molar-refractivity contribution is -0.299. The van der Waals surface area contributed by atoms with Crippen LogP contribution in [0.15, 0.2) is 0 Å². The molecule has 112 valence electrons. The summed E-state index contributed by atoms with van der Waals surface area (Å²) in [6.45, 7) is -0.764. The van der Waals surface area contributed by atoms with Gasteiger partial charge in [0, 0.05) is 0 Å². The molecule has 0 radical (unpaired) electrons. The van der Waals surface area contributed by atoms with Crippen LogP contribution in [0.4, 0.5) is 0 Å². The third-order valence-corrected chi connectivity index (χ3v) is 3.24. The van der Waals surface area contributed by atoms with Crippen molar-refractivity contribution < 1.29 is 44.8 Å². The highest BCUT2D eigenvalue weighted by Crippen LogP contribution is 2.26. The quantitative estimate of drug-likeness (QED) is 0.303. The lowest BCUT2D eigenvalue weighted by Crippen LogP contribution is -2.55. The van der Waals surface area contributed by atoms with Gasteiger partial charge in [-0.25, -0.2) is 0 Å². The molecule has 2 rings (SSSR count). The van der Waals surface area contributed by atoms with Gasteiger partial charge in [0.05, 0.1) is 13.2 Å². The first kappa shape index (κ1) is 15.0. The summed E-state index contributed by atoms with van der Waals surface area (Å²) in [4.78, 5) is 0. The van der Waals surface area contributed by atoms with Gasteiger partial charge in [0.2, 0.25) is 0 Å². The normalized spacial score (nSPS) is 51.5. The van der Waals surface area contributed by atoms with Crippen LogP contribution in [-0.2, 0) is 14.2 Å². The van der Waals surface area contributed by atoms with Crippen molar-refractivity contribution in [2.75, 3.05) is 13.2 Å². The Morgan fingerprint density at radius 2 is 1.68 bits per heavy atom. The molecule has 6 N–H and O–H groups in total. The van der Waals surface area contributed by atoms with Crippen molar-refractivity contribution in [2.45, 2.75) is 49.2 Å². The van der Waals surface area contributed by atoms with Gasteiger partial charge >= 0.3 is 0 Å². The maximum atomic E-state index is 9.73. The number of ether oxygens (including phenoxy) is 3. The third-order valence-electron chi connectivity index (χ3n) is 3.24. The maximum Gasteiger partial charge on any atom is 0.186 e. The summed E-state index contributed by atoms with van der Waals surface area (Å²) in [5, 5.41) is 56.5.